The number of aromatic amines is 1. The number of para-hydroxylation sites is 1. The summed E-state index contributed by atoms with van der Waals surface area (Å²) in [6, 6.07) is 20.9. The number of aliphatic hydroxyl groups excluding tert-OH is 1. The molecule has 4 aromatic rings. The number of fused-ring (bicyclic) bond motifs is 1. The fraction of sp³-hybridized carbons (Fsp3) is 0.241. The highest BCUT2D eigenvalue weighted by molar-refractivity contribution is 5.89. The number of amides is 2. The first-order valence-corrected chi connectivity index (χ1v) is 12.4. The van der Waals surface area contributed by atoms with E-state index < -0.39 is 6.10 Å². The summed E-state index contributed by atoms with van der Waals surface area (Å²) in [6.07, 6.45) is -0.166. The molecule has 1 heterocycles. The summed E-state index contributed by atoms with van der Waals surface area (Å²) in [7, 11) is 1.60. The first-order chi connectivity index (χ1) is 18.3. The van der Waals surface area contributed by atoms with Crippen molar-refractivity contribution < 1.29 is 19.7 Å². The van der Waals surface area contributed by atoms with Gasteiger partial charge in [0.15, 0.2) is 0 Å². The van der Waals surface area contributed by atoms with E-state index in [-0.39, 0.29) is 29.9 Å². The van der Waals surface area contributed by atoms with E-state index in [0.29, 0.717) is 35.1 Å². The molecular weight excluding hydrogens is 484 g/mol. The van der Waals surface area contributed by atoms with E-state index in [2.05, 4.69) is 20.9 Å². The minimum Gasteiger partial charge on any atom is -0.506 e. The SMILES string of the molecule is COc1ccccc1CNC(=O)Nc1cccc(C[C@H](C)NC[C@@H](O)c2ccc(O)c3[nH]c(=O)ccc23)c1. The predicted molar refractivity (Wildman–Crippen MR) is 148 cm³/mol. The van der Waals surface area contributed by atoms with Gasteiger partial charge in [-0.1, -0.05) is 36.4 Å². The second kappa shape index (κ2) is 12.3. The van der Waals surface area contributed by atoms with Crippen LogP contribution in [0.5, 0.6) is 11.5 Å². The lowest BCUT2D eigenvalue weighted by Gasteiger charge is -2.19. The number of phenolic OH excluding ortho intramolecular Hbond substituents is 1. The molecule has 2 amide bonds. The van der Waals surface area contributed by atoms with Gasteiger partial charge in [0, 0.05) is 41.8 Å². The summed E-state index contributed by atoms with van der Waals surface area (Å²) in [4.78, 5) is 26.7. The predicted octanol–water partition coefficient (Wildman–Crippen LogP) is 3.82. The van der Waals surface area contributed by atoms with Gasteiger partial charge in [0.1, 0.15) is 11.5 Å². The van der Waals surface area contributed by atoms with Crippen LogP contribution in [0.2, 0.25) is 0 Å². The third kappa shape index (κ3) is 6.70. The Morgan fingerprint density at radius 1 is 1.05 bits per heavy atom. The van der Waals surface area contributed by atoms with Crippen LogP contribution in [0.25, 0.3) is 10.9 Å². The number of hydrogen-bond donors (Lipinski definition) is 6. The van der Waals surface area contributed by atoms with E-state index in [4.69, 9.17) is 4.74 Å². The number of carbonyl (C=O) groups is 1. The normalized spacial score (nSPS) is 12.6. The number of H-pyrrole nitrogens is 1. The average Bonchev–Trinajstić information content (AvgIpc) is 2.91. The number of carbonyl (C=O) groups excluding carboxylic acids is 1. The monoisotopic (exact) mass is 516 g/mol. The number of aromatic nitrogens is 1. The third-order valence-electron chi connectivity index (χ3n) is 6.28. The molecule has 0 unspecified atom stereocenters. The Kier molecular flexibility index (Phi) is 8.62. The molecule has 9 nitrogen and oxygen atoms in total. The molecule has 4 rings (SSSR count). The van der Waals surface area contributed by atoms with Gasteiger partial charge in [0.05, 0.1) is 18.7 Å². The number of anilines is 1. The maximum Gasteiger partial charge on any atom is 0.319 e. The van der Waals surface area contributed by atoms with Crippen molar-refractivity contribution in [3.05, 3.63) is 99.8 Å². The number of nitrogens with one attached hydrogen (secondary N) is 4. The average molecular weight is 517 g/mol. The summed E-state index contributed by atoms with van der Waals surface area (Å²) in [5, 5.41) is 30.5. The second-order valence-corrected chi connectivity index (χ2v) is 9.13. The zero-order chi connectivity index (χ0) is 27.1. The van der Waals surface area contributed by atoms with Crippen molar-refractivity contribution in [3.63, 3.8) is 0 Å². The zero-order valence-electron chi connectivity index (χ0n) is 21.3. The van der Waals surface area contributed by atoms with E-state index in [1.54, 1.807) is 19.2 Å². The zero-order valence-corrected chi connectivity index (χ0v) is 21.3. The van der Waals surface area contributed by atoms with Gasteiger partial charge >= 0.3 is 6.03 Å². The maximum absolute atomic E-state index is 12.4. The number of benzene rings is 3. The molecule has 6 N–H and O–H groups in total. The molecule has 0 spiro atoms. The Balaban J connectivity index is 1.31. The lowest BCUT2D eigenvalue weighted by atomic mass is 10.0. The highest BCUT2D eigenvalue weighted by Gasteiger charge is 2.15. The number of urea groups is 1. The van der Waals surface area contributed by atoms with Gasteiger partial charge in [-0.2, -0.15) is 0 Å². The number of pyridine rings is 1. The van der Waals surface area contributed by atoms with Crippen molar-refractivity contribution >= 4 is 22.6 Å². The summed E-state index contributed by atoms with van der Waals surface area (Å²) in [5.74, 6) is 0.673. The summed E-state index contributed by atoms with van der Waals surface area (Å²) in [6.45, 7) is 2.63. The molecule has 9 heteroatoms. The minimum atomic E-state index is -0.841. The molecule has 0 fully saturated rings. The highest BCUT2D eigenvalue weighted by Crippen LogP contribution is 2.28. The Labute approximate surface area is 220 Å². The largest absolute Gasteiger partial charge is 0.506 e. The molecule has 198 valence electrons. The van der Waals surface area contributed by atoms with Crippen molar-refractivity contribution in [2.24, 2.45) is 0 Å². The number of methoxy groups -OCH3 is 1. The van der Waals surface area contributed by atoms with Gasteiger partial charge in [0.25, 0.3) is 0 Å². The van der Waals surface area contributed by atoms with E-state index >= 15 is 0 Å². The lowest BCUT2D eigenvalue weighted by molar-refractivity contribution is 0.172. The lowest BCUT2D eigenvalue weighted by Crippen LogP contribution is -2.32. The Bertz CT molecular complexity index is 1470. The summed E-state index contributed by atoms with van der Waals surface area (Å²) >= 11 is 0. The molecule has 0 saturated heterocycles. The van der Waals surface area contributed by atoms with Crippen LogP contribution in [0.4, 0.5) is 10.5 Å². The van der Waals surface area contributed by atoms with Gasteiger partial charge in [-0.25, -0.2) is 4.79 Å². The second-order valence-electron chi connectivity index (χ2n) is 9.13. The molecule has 0 aliphatic heterocycles. The number of aliphatic hydroxyl groups is 1. The first kappa shape index (κ1) is 26.7. The topological polar surface area (TPSA) is 136 Å². The fourth-order valence-corrected chi connectivity index (χ4v) is 4.37. The smallest absolute Gasteiger partial charge is 0.319 e. The van der Waals surface area contributed by atoms with Crippen molar-refractivity contribution in [1.29, 1.82) is 0 Å². The first-order valence-electron chi connectivity index (χ1n) is 12.4. The highest BCUT2D eigenvalue weighted by atomic mass is 16.5. The molecule has 1 aromatic heterocycles. The van der Waals surface area contributed by atoms with E-state index in [9.17, 15) is 19.8 Å². The van der Waals surface area contributed by atoms with Crippen LogP contribution in [-0.2, 0) is 13.0 Å². The Hall–Kier alpha value is -4.34. The molecule has 38 heavy (non-hydrogen) atoms. The quantitative estimate of drug-likeness (QED) is 0.190. The Morgan fingerprint density at radius 3 is 2.68 bits per heavy atom. The van der Waals surface area contributed by atoms with Crippen molar-refractivity contribution in [2.75, 3.05) is 19.0 Å². The van der Waals surface area contributed by atoms with Gasteiger partial charge in [-0.05, 0) is 54.8 Å². The van der Waals surface area contributed by atoms with Crippen LogP contribution < -0.4 is 26.2 Å². The molecule has 0 aliphatic carbocycles. The van der Waals surface area contributed by atoms with Gasteiger partial charge in [0.2, 0.25) is 5.56 Å². The van der Waals surface area contributed by atoms with E-state index in [1.165, 1.54) is 12.1 Å². The van der Waals surface area contributed by atoms with Crippen LogP contribution in [0, 0.1) is 0 Å². The molecule has 0 bridgehead atoms. The minimum absolute atomic E-state index is 0.0301. The molecule has 0 saturated carbocycles. The van der Waals surface area contributed by atoms with E-state index in [1.807, 2.05) is 55.5 Å². The molecule has 0 aliphatic rings. The van der Waals surface area contributed by atoms with Crippen LogP contribution in [0.1, 0.15) is 29.7 Å². The van der Waals surface area contributed by atoms with Crippen molar-refractivity contribution in [2.45, 2.75) is 32.0 Å². The number of phenols is 1. The van der Waals surface area contributed by atoms with Crippen LogP contribution in [0.15, 0.2) is 77.6 Å². The van der Waals surface area contributed by atoms with Crippen molar-refractivity contribution in [1.82, 2.24) is 15.6 Å². The van der Waals surface area contributed by atoms with E-state index in [0.717, 1.165) is 16.9 Å². The number of ether oxygens (including phenoxy) is 1. The van der Waals surface area contributed by atoms with Crippen LogP contribution >= 0.6 is 0 Å². The number of hydrogen-bond acceptors (Lipinski definition) is 6. The fourth-order valence-electron chi connectivity index (χ4n) is 4.37. The number of rotatable bonds is 10. The maximum atomic E-state index is 12.4. The molecule has 0 radical (unpaired) electrons. The summed E-state index contributed by atoms with van der Waals surface area (Å²) in [5.41, 5.74) is 3.18. The number of aromatic hydroxyl groups is 1. The van der Waals surface area contributed by atoms with Crippen LogP contribution in [-0.4, -0.2) is 40.9 Å². The van der Waals surface area contributed by atoms with Gasteiger partial charge < -0.3 is 35.9 Å². The van der Waals surface area contributed by atoms with Crippen LogP contribution in [0.3, 0.4) is 0 Å². The third-order valence-corrected chi connectivity index (χ3v) is 6.28. The summed E-state index contributed by atoms with van der Waals surface area (Å²) < 4.78 is 5.32. The van der Waals surface area contributed by atoms with Gasteiger partial charge in [-0.15, -0.1) is 0 Å². The molecule has 3 aromatic carbocycles. The standard InChI is InChI=1S/C29H32N4O5/c1-18(30-17-25(35)22-10-12-24(34)28-23(22)11-13-27(36)33-28)14-19-6-5-8-21(15-19)32-29(37)31-16-20-7-3-4-9-26(20)38-2/h3-13,15,18,25,30,34-35H,14,16-17H2,1-2H3,(H,33,36)(H2,31,32,37)/t18-,25+/m0/s1. The molecule has 2 atom stereocenters. The molecular formula is C29H32N4O5. The van der Waals surface area contributed by atoms with Crippen molar-refractivity contribution in [3.8, 4) is 11.5 Å². The van der Waals surface area contributed by atoms with Gasteiger partial charge in [-0.3, -0.25) is 4.79 Å². The Morgan fingerprint density at radius 2 is 1.87 bits per heavy atom.